The van der Waals surface area contributed by atoms with Crippen molar-refractivity contribution in [1.82, 2.24) is 0 Å². The molecule has 2 atom stereocenters. The summed E-state index contributed by atoms with van der Waals surface area (Å²) < 4.78 is 34.4. The number of ether oxygens (including phenoxy) is 2. The minimum absolute atomic E-state index is 0.00843. The summed E-state index contributed by atoms with van der Waals surface area (Å²) in [6.45, 7) is 5.16. The first-order valence-corrected chi connectivity index (χ1v) is 22.0. The molecule has 9 heteroatoms. The van der Waals surface area contributed by atoms with E-state index >= 15 is 0 Å². The number of hydrogen-bond donors (Lipinski definition) is 0. The highest BCUT2D eigenvalue weighted by molar-refractivity contribution is 7.45. The zero-order valence-electron chi connectivity index (χ0n) is 34.0. The summed E-state index contributed by atoms with van der Waals surface area (Å²) >= 11 is 0. The highest BCUT2D eigenvalue weighted by Crippen LogP contribution is 2.38. The number of carbonyl (C=O) groups excluding carboxylic acids is 1. The van der Waals surface area contributed by atoms with Crippen molar-refractivity contribution in [3.05, 3.63) is 60.8 Å². The summed E-state index contributed by atoms with van der Waals surface area (Å²) in [7, 11) is 1.30. The summed E-state index contributed by atoms with van der Waals surface area (Å²) in [6.07, 6.45) is 44.0. The fraction of sp³-hybridized carbons (Fsp3) is 0.744. The van der Waals surface area contributed by atoms with E-state index in [-0.39, 0.29) is 26.2 Å². The number of hydrogen-bond acceptors (Lipinski definition) is 7. The molecule has 0 saturated heterocycles. The lowest BCUT2D eigenvalue weighted by atomic mass is 10.0. The first-order chi connectivity index (χ1) is 25.1. The molecule has 0 N–H and O–H groups in total. The molecule has 0 aliphatic heterocycles. The molecule has 0 spiro atoms. The van der Waals surface area contributed by atoms with Crippen molar-refractivity contribution in [3.63, 3.8) is 0 Å². The molecule has 2 unspecified atom stereocenters. The number of quaternary nitrogens is 1. The molecular weight excluding hydrogens is 673 g/mol. The Labute approximate surface area is 320 Å². The van der Waals surface area contributed by atoms with E-state index in [2.05, 4.69) is 62.5 Å². The van der Waals surface area contributed by atoms with Crippen molar-refractivity contribution in [1.29, 1.82) is 0 Å². The largest absolute Gasteiger partial charge is 0.756 e. The minimum Gasteiger partial charge on any atom is -0.756 e. The van der Waals surface area contributed by atoms with Gasteiger partial charge in [-0.3, -0.25) is 9.36 Å². The van der Waals surface area contributed by atoms with Gasteiger partial charge in [0.25, 0.3) is 7.82 Å². The summed E-state index contributed by atoms with van der Waals surface area (Å²) in [5.74, 6) is -0.461. The molecule has 0 aromatic rings. The van der Waals surface area contributed by atoms with Crippen LogP contribution in [0.3, 0.4) is 0 Å². The highest BCUT2D eigenvalue weighted by atomic mass is 31.2. The van der Waals surface area contributed by atoms with Gasteiger partial charge in [-0.1, -0.05) is 164 Å². The van der Waals surface area contributed by atoms with E-state index in [0.29, 0.717) is 24.1 Å². The fourth-order valence-electron chi connectivity index (χ4n) is 5.21. The van der Waals surface area contributed by atoms with E-state index < -0.39 is 19.9 Å². The van der Waals surface area contributed by atoms with E-state index in [9.17, 15) is 14.3 Å². The molecule has 0 aliphatic carbocycles. The van der Waals surface area contributed by atoms with Crippen molar-refractivity contribution >= 4 is 13.8 Å². The Morgan fingerprint density at radius 1 is 0.596 bits per heavy atom. The third kappa shape index (κ3) is 39.4. The van der Waals surface area contributed by atoms with E-state index in [4.69, 9.17) is 18.5 Å². The monoisotopic (exact) mass is 752 g/mol. The predicted octanol–water partition coefficient (Wildman–Crippen LogP) is 11.1. The van der Waals surface area contributed by atoms with Crippen LogP contribution in [0.2, 0.25) is 0 Å². The number of esters is 1. The Hall–Kier alpha value is -1.80. The van der Waals surface area contributed by atoms with Gasteiger partial charge in [-0.05, 0) is 38.5 Å². The Balaban J connectivity index is 4.41. The van der Waals surface area contributed by atoms with Gasteiger partial charge in [-0.25, -0.2) is 0 Å². The normalized spacial score (nSPS) is 14.5. The van der Waals surface area contributed by atoms with Crippen LogP contribution in [0.5, 0.6) is 0 Å². The second kappa shape index (κ2) is 36.2. The Morgan fingerprint density at radius 2 is 1.04 bits per heavy atom. The van der Waals surface area contributed by atoms with E-state index in [1.54, 1.807) is 6.08 Å². The molecule has 302 valence electrons. The molecule has 0 fully saturated rings. The van der Waals surface area contributed by atoms with Crippen LogP contribution in [-0.4, -0.2) is 70.7 Å². The van der Waals surface area contributed by atoms with E-state index in [0.717, 1.165) is 38.5 Å². The SMILES string of the molecule is CC/C=C\C/C=C\C/C=C\C/C=C\C/C=C\CC(=O)OC(COCCCCCCCCCCCCCCCCC)COP(=O)([O-])OCC[N+](C)(C)C. The Bertz CT molecular complexity index is 1020. The topological polar surface area (TPSA) is 94.1 Å². The molecular formula is C43H78NO7P. The van der Waals surface area contributed by atoms with Crippen LogP contribution < -0.4 is 4.89 Å². The van der Waals surface area contributed by atoms with Gasteiger partial charge in [-0.2, -0.15) is 0 Å². The zero-order valence-corrected chi connectivity index (χ0v) is 34.9. The Kier molecular flexibility index (Phi) is 34.9. The van der Waals surface area contributed by atoms with Crippen LogP contribution in [0.15, 0.2) is 60.8 Å². The van der Waals surface area contributed by atoms with Crippen LogP contribution in [0.4, 0.5) is 0 Å². The van der Waals surface area contributed by atoms with Gasteiger partial charge in [0.2, 0.25) is 0 Å². The smallest absolute Gasteiger partial charge is 0.310 e. The first kappa shape index (κ1) is 50.2. The summed E-state index contributed by atoms with van der Waals surface area (Å²) in [5, 5.41) is 0. The number of carbonyl (C=O) groups is 1. The summed E-state index contributed by atoms with van der Waals surface area (Å²) in [6, 6.07) is 0. The number of likely N-dealkylation sites (N-methyl/N-ethyl adjacent to an activating group) is 1. The summed E-state index contributed by atoms with van der Waals surface area (Å²) in [5.41, 5.74) is 0. The quantitative estimate of drug-likeness (QED) is 0.0205. The molecule has 0 radical (unpaired) electrons. The number of nitrogens with zero attached hydrogens (tertiary/aromatic N) is 1. The molecule has 0 saturated carbocycles. The highest BCUT2D eigenvalue weighted by Gasteiger charge is 2.20. The third-order valence-corrected chi connectivity index (χ3v) is 9.33. The van der Waals surface area contributed by atoms with Gasteiger partial charge in [0.05, 0.1) is 40.8 Å². The number of phosphoric ester groups is 1. The van der Waals surface area contributed by atoms with Crippen molar-refractivity contribution in [2.75, 3.05) is 54.1 Å². The van der Waals surface area contributed by atoms with Crippen LogP contribution in [0.1, 0.15) is 149 Å². The molecule has 8 nitrogen and oxygen atoms in total. The molecule has 0 aromatic carbocycles. The second-order valence-corrected chi connectivity index (χ2v) is 16.0. The maximum Gasteiger partial charge on any atom is 0.310 e. The number of rotatable bonds is 37. The lowest BCUT2D eigenvalue weighted by Gasteiger charge is -2.28. The number of phosphoric acid groups is 1. The zero-order chi connectivity index (χ0) is 38.4. The lowest BCUT2D eigenvalue weighted by molar-refractivity contribution is -0.870. The Morgan fingerprint density at radius 3 is 1.50 bits per heavy atom. The maximum absolute atomic E-state index is 12.6. The maximum atomic E-state index is 12.6. The number of unbranched alkanes of at least 4 members (excludes halogenated alkanes) is 14. The minimum atomic E-state index is -4.55. The third-order valence-electron chi connectivity index (χ3n) is 8.37. The van der Waals surface area contributed by atoms with Crippen molar-refractivity contribution in [3.8, 4) is 0 Å². The van der Waals surface area contributed by atoms with Crippen molar-refractivity contribution in [2.24, 2.45) is 0 Å². The average molecular weight is 752 g/mol. The van der Waals surface area contributed by atoms with Crippen molar-refractivity contribution < 1.29 is 37.3 Å². The van der Waals surface area contributed by atoms with E-state index in [1.165, 1.54) is 83.5 Å². The van der Waals surface area contributed by atoms with Crippen LogP contribution in [0.25, 0.3) is 0 Å². The van der Waals surface area contributed by atoms with Gasteiger partial charge >= 0.3 is 5.97 Å². The predicted molar refractivity (Wildman–Crippen MR) is 217 cm³/mol. The lowest BCUT2D eigenvalue weighted by Crippen LogP contribution is -2.37. The fourth-order valence-corrected chi connectivity index (χ4v) is 5.94. The molecule has 52 heavy (non-hydrogen) atoms. The van der Waals surface area contributed by atoms with Gasteiger partial charge in [-0.15, -0.1) is 0 Å². The molecule has 0 amide bonds. The number of allylic oxidation sites excluding steroid dienone is 9. The summed E-state index contributed by atoms with van der Waals surface area (Å²) in [4.78, 5) is 24.9. The van der Waals surface area contributed by atoms with Crippen molar-refractivity contribution in [2.45, 2.75) is 155 Å². The second-order valence-electron chi connectivity index (χ2n) is 14.6. The van der Waals surface area contributed by atoms with Gasteiger partial charge in [0.1, 0.15) is 19.3 Å². The van der Waals surface area contributed by atoms with Gasteiger partial charge in [0, 0.05) is 6.61 Å². The van der Waals surface area contributed by atoms with Crippen LogP contribution >= 0.6 is 7.82 Å². The van der Waals surface area contributed by atoms with Gasteiger partial charge in [0.15, 0.2) is 0 Å². The van der Waals surface area contributed by atoms with E-state index in [1.807, 2.05) is 27.2 Å². The molecule has 0 aliphatic rings. The average Bonchev–Trinajstić information content (AvgIpc) is 3.09. The molecule has 0 heterocycles. The molecule has 0 aromatic heterocycles. The standard InChI is InChI=1S/C43H78NO7P/c1-6-8-10-12-14-16-18-20-22-24-26-28-30-32-34-36-43(45)51-42(41-50-52(46,47)49-39-37-44(3,4)5)40-48-38-35-33-31-29-27-25-23-21-19-17-15-13-11-9-7-2/h8,10,14,16,20,22,26,28,32,34,42H,6-7,9,11-13,15,17-19,21,23-25,27,29-31,33,35-41H2,1-5H3/b10-8-,16-14-,22-20-,28-26-,34-32-. The molecule has 0 rings (SSSR count). The molecule has 0 bridgehead atoms. The first-order valence-electron chi connectivity index (χ1n) is 20.5. The van der Waals surface area contributed by atoms with Crippen LogP contribution in [-0.2, 0) is 27.9 Å². The van der Waals surface area contributed by atoms with Crippen LogP contribution in [0, 0.1) is 0 Å². The van der Waals surface area contributed by atoms with Gasteiger partial charge < -0.3 is 27.9 Å².